The van der Waals surface area contributed by atoms with Crippen LogP contribution in [0, 0.1) is 0 Å². The normalized spacial score (nSPS) is 10.9. The molecule has 25 heavy (non-hydrogen) atoms. The highest BCUT2D eigenvalue weighted by atomic mass is 32.2. The van der Waals surface area contributed by atoms with Gasteiger partial charge < -0.3 is 16.0 Å². The first-order valence-electron chi connectivity index (χ1n) is 7.94. The molecule has 1 amide bonds. The molecule has 2 heterocycles. The number of primary amides is 1. The zero-order chi connectivity index (χ0) is 17.8. The van der Waals surface area contributed by atoms with Gasteiger partial charge in [0.15, 0.2) is 15.2 Å². The topological polar surface area (TPSA) is 99.8 Å². The first-order valence-corrected chi connectivity index (χ1v) is 9.64. The van der Waals surface area contributed by atoms with E-state index in [-0.39, 0.29) is 5.69 Å². The average Bonchev–Trinajstić information content (AvgIpc) is 3.19. The zero-order valence-electron chi connectivity index (χ0n) is 13.8. The highest BCUT2D eigenvalue weighted by Crippen LogP contribution is 2.34. The molecule has 3 rings (SSSR count). The molecule has 0 bridgehead atoms. The van der Waals surface area contributed by atoms with Gasteiger partial charge in [-0.25, -0.2) is 9.97 Å². The summed E-state index contributed by atoms with van der Waals surface area (Å²) >= 11 is 2.94. The molecule has 0 saturated heterocycles. The molecule has 3 aromatic rings. The second kappa shape index (κ2) is 7.71. The molecular weight excluding hydrogens is 354 g/mol. The van der Waals surface area contributed by atoms with Crippen molar-refractivity contribution in [2.24, 2.45) is 5.73 Å². The van der Waals surface area contributed by atoms with Crippen LogP contribution >= 0.6 is 23.1 Å². The lowest BCUT2D eigenvalue weighted by atomic mass is 10.2. The lowest BCUT2D eigenvalue weighted by Gasteiger charge is -2.07. The van der Waals surface area contributed by atoms with E-state index in [4.69, 9.17) is 11.5 Å². The maximum Gasteiger partial charge on any atom is 0.271 e. The Hall–Kier alpha value is -2.32. The van der Waals surface area contributed by atoms with E-state index in [2.05, 4.69) is 16.9 Å². The third kappa shape index (κ3) is 3.85. The predicted molar refractivity (Wildman–Crippen MR) is 102 cm³/mol. The van der Waals surface area contributed by atoms with Gasteiger partial charge in [-0.1, -0.05) is 43.7 Å². The molecule has 8 heteroatoms. The molecule has 0 atom stereocenters. The Morgan fingerprint density at radius 3 is 2.72 bits per heavy atom. The number of hydrogen-bond donors (Lipinski definition) is 2. The summed E-state index contributed by atoms with van der Waals surface area (Å²) in [7, 11) is 0. The maximum absolute atomic E-state index is 11.5. The molecule has 6 nitrogen and oxygen atoms in total. The number of unbranched alkanes of at least 4 members (excludes halogenated alkanes) is 1. The second-order valence-electron chi connectivity index (χ2n) is 5.46. The van der Waals surface area contributed by atoms with E-state index in [1.807, 2.05) is 40.3 Å². The first-order chi connectivity index (χ1) is 12.1. The number of imidazole rings is 1. The van der Waals surface area contributed by atoms with E-state index < -0.39 is 5.91 Å². The summed E-state index contributed by atoms with van der Waals surface area (Å²) in [4.78, 5) is 20.5. The summed E-state index contributed by atoms with van der Waals surface area (Å²) in [6.45, 7) is 2.80. The number of thiazole rings is 1. The molecule has 2 aromatic heterocycles. The van der Waals surface area contributed by atoms with Crippen molar-refractivity contribution in [3.63, 3.8) is 0 Å². The Morgan fingerprint density at radius 1 is 1.28 bits per heavy atom. The number of hydrogen-bond acceptors (Lipinski definition) is 6. The fourth-order valence-corrected chi connectivity index (χ4v) is 4.21. The molecule has 1 aromatic carbocycles. The minimum Gasteiger partial charge on any atom is -0.383 e. The molecule has 0 saturated carbocycles. The van der Waals surface area contributed by atoms with Gasteiger partial charge in [0.25, 0.3) is 5.91 Å². The van der Waals surface area contributed by atoms with Crippen LogP contribution in [0.2, 0.25) is 0 Å². The fraction of sp³-hybridized carbons (Fsp3) is 0.235. The third-order valence-electron chi connectivity index (χ3n) is 3.67. The van der Waals surface area contributed by atoms with Gasteiger partial charge in [0.1, 0.15) is 5.82 Å². The number of benzene rings is 1. The largest absolute Gasteiger partial charge is 0.383 e. The number of nitrogens with two attached hydrogens (primary N) is 2. The third-order valence-corrected chi connectivity index (χ3v) is 5.60. The Kier molecular flexibility index (Phi) is 5.40. The van der Waals surface area contributed by atoms with Crippen LogP contribution in [0.4, 0.5) is 5.82 Å². The Balaban J connectivity index is 1.88. The van der Waals surface area contributed by atoms with Crippen molar-refractivity contribution in [3.8, 4) is 11.3 Å². The molecule has 4 N–H and O–H groups in total. The van der Waals surface area contributed by atoms with Gasteiger partial charge in [-0.3, -0.25) is 4.79 Å². The Labute approximate surface area is 154 Å². The molecule has 0 radical (unpaired) electrons. The summed E-state index contributed by atoms with van der Waals surface area (Å²) < 4.78 is 2.69. The van der Waals surface area contributed by atoms with E-state index in [0.717, 1.165) is 28.4 Å². The lowest BCUT2D eigenvalue weighted by Crippen LogP contribution is -2.14. The number of carbonyl (C=O) groups excluding carboxylic acids is 1. The monoisotopic (exact) mass is 373 g/mol. The van der Waals surface area contributed by atoms with Crippen LogP contribution in [0.3, 0.4) is 0 Å². The van der Waals surface area contributed by atoms with Crippen LogP contribution in [0.1, 0.15) is 30.3 Å². The first kappa shape index (κ1) is 17.5. The Morgan fingerprint density at radius 2 is 2.04 bits per heavy atom. The average molecular weight is 374 g/mol. The van der Waals surface area contributed by atoms with Crippen molar-refractivity contribution in [2.75, 3.05) is 5.73 Å². The van der Waals surface area contributed by atoms with Crippen LogP contribution in [-0.2, 0) is 6.54 Å². The van der Waals surface area contributed by atoms with Crippen LogP contribution in [-0.4, -0.2) is 20.4 Å². The second-order valence-corrected chi connectivity index (χ2v) is 7.54. The van der Waals surface area contributed by atoms with Crippen molar-refractivity contribution in [3.05, 3.63) is 41.4 Å². The quantitative estimate of drug-likeness (QED) is 0.658. The van der Waals surface area contributed by atoms with Crippen LogP contribution < -0.4 is 11.5 Å². The van der Waals surface area contributed by atoms with E-state index in [1.165, 1.54) is 23.1 Å². The predicted octanol–water partition coefficient (Wildman–Crippen LogP) is 3.64. The number of rotatable bonds is 7. The van der Waals surface area contributed by atoms with Crippen molar-refractivity contribution in [1.29, 1.82) is 0 Å². The molecule has 0 unspecified atom stereocenters. The minimum absolute atomic E-state index is 0.124. The molecule has 0 aliphatic rings. The standard InChI is InChI=1S/C17H19N5OS2/c1-2-3-9-22-14(18)13(15(19)23)21-16(22)25-17-20-12(10-24-17)11-7-5-4-6-8-11/h4-8,10H,2-3,9,18H2,1H3,(H2,19,23). The molecule has 0 spiro atoms. The molecular formula is C17H19N5OS2. The van der Waals surface area contributed by atoms with Crippen molar-refractivity contribution in [1.82, 2.24) is 14.5 Å². The van der Waals surface area contributed by atoms with Gasteiger partial charge in [-0.05, 0) is 18.2 Å². The number of anilines is 1. The van der Waals surface area contributed by atoms with Crippen LogP contribution in [0.25, 0.3) is 11.3 Å². The Bertz CT molecular complexity index is 873. The summed E-state index contributed by atoms with van der Waals surface area (Å²) in [6, 6.07) is 9.99. The highest BCUT2D eigenvalue weighted by Gasteiger charge is 2.20. The van der Waals surface area contributed by atoms with Crippen LogP contribution in [0.15, 0.2) is 45.2 Å². The number of nitrogen functional groups attached to an aromatic ring is 1. The van der Waals surface area contributed by atoms with E-state index >= 15 is 0 Å². The molecule has 0 fully saturated rings. The summed E-state index contributed by atoms with van der Waals surface area (Å²) in [5, 5.41) is 2.66. The smallest absolute Gasteiger partial charge is 0.271 e. The van der Waals surface area contributed by atoms with E-state index in [0.29, 0.717) is 17.5 Å². The fourth-order valence-electron chi connectivity index (χ4n) is 2.36. The van der Waals surface area contributed by atoms with Gasteiger partial charge in [0.05, 0.1) is 5.69 Å². The maximum atomic E-state index is 11.5. The number of carbonyl (C=O) groups is 1. The summed E-state index contributed by atoms with van der Waals surface area (Å²) in [6.07, 6.45) is 1.96. The van der Waals surface area contributed by atoms with Crippen molar-refractivity contribution < 1.29 is 4.79 Å². The molecule has 0 aliphatic heterocycles. The van der Waals surface area contributed by atoms with Gasteiger partial charge in [-0.2, -0.15) is 0 Å². The van der Waals surface area contributed by atoms with Gasteiger partial charge in [-0.15, -0.1) is 11.3 Å². The van der Waals surface area contributed by atoms with Crippen molar-refractivity contribution >= 4 is 34.8 Å². The van der Waals surface area contributed by atoms with E-state index in [9.17, 15) is 4.79 Å². The van der Waals surface area contributed by atoms with Gasteiger partial charge in [0.2, 0.25) is 0 Å². The minimum atomic E-state index is -0.612. The number of aromatic nitrogens is 3. The SMILES string of the molecule is CCCCn1c(Sc2nc(-c3ccccc3)cs2)nc(C(N)=O)c1N. The van der Waals surface area contributed by atoms with Crippen LogP contribution in [0.5, 0.6) is 0 Å². The highest BCUT2D eigenvalue weighted by molar-refractivity contribution is 8.00. The van der Waals surface area contributed by atoms with E-state index in [1.54, 1.807) is 0 Å². The zero-order valence-corrected chi connectivity index (χ0v) is 15.4. The number of amides is 1. The number of nitrogens with zero attached hydrogens (tertiary/aromatic N) is 3. The molecule has 130 valence electrons. The summed E-state index contributed by atoms with van der Waals surface area (Å²) in [5.74, 6) is -0.290. The summed E-state index contributed by atoms with van der Waals surface area (Å²) in [5.41, 5.74) is 13.6. The molecule has 0 aliphatic carbocycles. The van der Waals surface area contributed by atoms with Gasteiger partial charge >= 0.3 is 0 Å². The van der Waals surface area contributed by atoms with Crippen molar-refractivity contribution in [2.45, 2.75) is 35.8 Å². The van der Waals surface area contributed by atoms with Gasteiger partial charge in [0, 0.05) is 17.5 Å². The lowest BCUT2D eigenvalue weighted by molar-refractivity contribution is 0.0996.